The molecule has 4 nitrogen and oxygen atoms in total. The first kappa shape index (κ1) is 10.5. The molecule has 0 aromatic carbocycles. The van der Waals surface area contributed by atoms with Crippen molar-refractivity contribution in [3.8, 4) is 0 Å². The van der Waals surface area contributed by atoms with Gasteiger partial charge in [0, 0.05) is 19.6 Å². The average molecular weight is 186 g/mol. The fourth-order valence-electron chi connectivity index (χ4n) is 1.50. The Kier molecular flexibility index (Phi) is 3.69. The van der Waals surface area contributed by atoms with Crippen LogP contribution in [0, 0.1) is 0 Å². The van der Waals surface area contributed by atoms with Crippen LogP contribution in [0.2, 0.25) is 0 Å². The molecule has 4 heteroatoms. The molecule has 0 aliphatic carbocycles. The molecule has 0 saturated carbocycles. The molecule has 1 unspecified atom stereocenters. The van der Waals surface area contributed by atoms with Crippen LogP contribution in [-0.2, 0) is 9.53 Å². The molecule has 1 aliphatic heterocycles. The zero-order chi connectivity index (χ0) is 9.84. The fraction of sp³-hybridized carbons (Fsp3) is 0.889. The molecule has 0 amide bonds. The summed E-state index contributed by atoms with van der Waals surface area (Å²) in [5.74, 6) is -0.100. The number of ether oxygens (including phenoxy) is 1. The van der Waals surface area contributed by atoms with Gasteiger partial charge in [-0.2, -0.15) is 0 Å². The second kappa shape index (κ2) is 4.58. The first-order chi connectivity index (χ1) is 6.15. The number of hydrogen-bond acceptors (Lipinski definition) is 4. The Morgan fingerprint density at radius 3 is 2.77 bits per heavy atom. The molecule has 0 aromatic heterocycles. The van der Waals surface area contributed by atoms with E-state index in [1.807, 2.05) is 21.0 Å². The summed E-state index contributed by atoms with van der Waals surface area (Å²) in [5.41, 5.74) is 0. The van der Waals surface area contributed by atoms with E-state index in [1.165, 1.54) is 0 Å². The van der Waals surface area contributed by atoms with Gasteiger partial charge < -0.3 is 9.64 Å². The van der Waals surface area contributed by atoms with E-state index in [0.717, 1.165) is 19.6 Å². The van der Waals surface area contributed by atoms with Gasteiger partial charge in [-0.1, -0.05) is 0 Å². The number of nitrogens with zero attached hydrogens (tertiary/aromatic N) is 2. The van der Waals surface area contributed by atoms with Crippen molar-refractivity contribution in [1.29, 1.82) is 0 Å². The van der Waals surface area contributed by atoms with Crippen LogP contribution < -0.4 is 0 Å². The van der Waals surface area contributed by atoms with Gasteiger partial charge in [0.15, 0.2) is 0 Å². The summed E-state index contributed by atoms with van der Waals surface area (Å²) in [5, 5.41) is 0. The molecule has 1 rings (SSSR count). The predicted molar refractivity (Wildman–Crippen MR) is 50.5 cm³/mol. The number of carbonyl (C=O) groups excluding carboxylic acids is 1. The lowest BCUT2D eigenvalue weighted by atomic mass is 10.2. The van der Waals surface area contributed by atoms with Crippen LogP contribution in [0.5, 0.6) is 0 Å². The number of piperazine rings is 1. The van der Waals surface area contributed by atoms with E-state index in [-0.39, 0.29) is 12.0 Å². The third-order valence-corrected chi connectivity index (χ3v) is 2.41. The van der Waals surface area contributed by atoms with Crippen molar-refractivity contribution in [3.63, 3.8) is 0 Å². The number of carbonyl (C=O) groups is 1. The Labute approximate surface area is 79.4 Å². The van der Waals surface area contributed by atoms with Crippen molar-refractivity contribution in [2.75, 3.05) is 40.3 Å². The van der Waals surface area contributed by atoms with Crippen molar-refractivity contribution in [2.45, 2.75) is 13.0 Å². The highest BCUT2D eigenvalue weighted by Crippen LogP contribution is 2.07. The third kappa shape index (κ3) is 2.67. The summed E-state index contributed by atoms with van der Waals surface area (Å²) in [7, 11) is 3.99. The molecule has 1 saturated heterocycles. The standard InChI is InChI=1S/C9H18N2O2/c1-4-13-9(12)8-7-10(2)5-6-11(8)3/h8H,4-7H2,1-3H3. The predicted octanol–water partition coefficient (Wildman–Crippen LogP) is -0.205. The first-order valence-electron chi connectivity index (χ1n) is 4.70. The summed E-state index contributed by atoms with van der Waals surface area (Å²) in [6.45, 7) is 5.03. The minimum Gasteiger partial charge on any atom is -0.465 e. The van der Waals surface area contributed by atoms with Gasteiger partial charge in [-0.05, 0) is 21.0 Å². The summed E-state index contributed by atoms with van der Waals surface area (Å²) < 4.78 is 4.99. The summed E-state index contributed by atoms with van der Waals surface area (Å²) in [6.07, 6.45) is 0. The molecule has 0 radical (unpaired) electrons. The van der Waals surface area contributed by atoms with Gasteiger partial charge in [-0.25, -0.2) is 0 Å². The van der Waals surface area contributed by atoms with Gasteiger partial charge in [0.05, 0.1) is 6.61 Å². The Bertz CT molecular complexity index is 184. The Hall–Kier alpha value is -0.610. The van der Waals surface area contributed by atoms with Gasteiger partial charge >= 0.3 is 5.97 Å². The van der Waals surface area contributed by atoms with E-state index >= 15 is 0 Å². The molecule has 0 aromatic rings. The Balaban J connectivity index is 2.50. The molecule has 13 heavy (non-hydrogen) atoms. The first-order valence-corrected chi connectivity index (χ1v) is 4.70. The fourth-order valence-corrected chi connectivity index (χ4v) is 1.50. The number of hydrogen-bond donors (Lipinski definition) is 0. The highest BCUT2D eigenvalue weighted by atomic mass is 16.5. The van der Waals surface area contributed by atoms with Gasteiger partial charge in [-0.15, -0.1) is 0 Å². The monoisotopic (exact) mass is 186 g/mol. The Morgan fingerprint density at radius 2 is 2.15 bits per heavy atom. The number of likely N-dealkylation sites (N-methyl/N-ethyl adjacent to an activating group) is 2. The zero-order valence-corrected chi connectivity index (χ0v) is 8.62. The average Bonchev–Trinajstić information content (AvgIpc) is 2.09. The van der Waals surface area contributed by atoms with E-state index < -0.39 is 0 Å². The van der Waals surface area contributed by atoms with Crippen LogP contribution >= 0.6 is 0 Å². The van der Waals surface area contributed by atoms with Crippen LogP contribution in [0.1, 0.15) is 6.92 Å². The molecule has 0 spiro atoms. The van der Waals surface area contributed by atoms with E-state index in [2.05, 4.69) is 9.80 Å². The van der Waals surface area contributed by atoms with E-state index in [4.69, 9.17) is 4.74 Å². The summed E-state index contributed by atoms with van der Waals surface area (Å²) in [6, 6.07) is -0.0845. The lowest BCUT2D eigenvalue weighted by Gasteiger charge is -2.35. The second-order valence-corrected chi connectivity index (χ2v) is 3.51. The highest BCUT2D eigenvalue weighted by molar-refractivity contribution is 5.76. The minimum atomic E-state index is -0.100. The van der Waals surface area contributed by atoms with Crippen LogP contribution in [0.25, 0.3) is 0 Å². The molecular weight excluding hydrogens is 168 g/mol. The van der Waals surface area contributed by atoms with Crippen LogP contribution in [0.3, 0.4) is 0 Å². The van der Waals surface area contributed by atoms with Crippen molar-refractivity contribution >= 4 is 5.97 Å². The van der Waals surface area contributed by atoms with Gasteiger partial charge in [-0.3, -0.25) is 9.69 Å². The van der Waals surface area contributed by atoms with Crippen molar-refractivity contribution < 1.29 is 9.53 Å². The maximum absolute atomic E-state index is 11.5. The largest absolute Gasteiger partial charge is 0.465 e. The maximum Gasteiger partial charge on any atom is 0.324 e. The highest BCUT2D eigenvalue weighted by Gasteiger charge is 2.29. The summed E-state index contributed by atoms with van der Waals surface area (Å²) >= 11 is 0. The zero-order valence-electron chi connectivity index (χ0n) is 8.62. The second-order valence-electron chi connectivity index (χ2n) is 3.51. The van der Waals surface area contributed by atoms with Gasteiger partial charge in [0.2, 0.25) is 0 Å². The molecular formula is C9H18N2O2. The van der Waals surface area contributed by atoms with Crippen molar-refractivity contribution in [1.82, 2.24) is 9.80 Å². The van der Waals surface area contributed by atoms with E-state index in [0.29, 0.717) is 6.61 Å². The topological polar surface area (TPSA) is 32.8 Å². The van der Waals surface area contributed by atoms with Crippen molar-refractivity contribution in [2.24, 2.45) is 0 Å². The molecule has 0 bridgehead atoms. The van der Waals surface area contributed by atoms with E-state index in [9.17, 15) is 4.79 Å². The number of esters is 1. The van der Waals surface area contributed by atoms with Gasteiger partial charge in [0.25, 0.3) is 0 Å². The van der Waals surface area contributed by atoms with Gasteiger partial charge in [0.1, 0.15) is 6.04 Å². The molecule has 0 N–H and O–H groups in total. The minimum absolute atomic E-state index is 0.0845. The molecule has 1 aliphatic rings. The SMILES string of the molecule is CCOC(=O)C1CN(C)CCN1C. The Morgan fingerprint density at radius 1 is 1.46 bits per heavy atom. The van der Waals surface area contributed by atoms with Crippen molar-refractivity contribution in [3.05, 3.63) is 0 Å². The maximum atomic E-state index is 11.5. The van der Waals surface area contributed by atoms with Crippen LogP contribution in [0.4, 0.5) is 0 Å². The molecule has 1 fully saturated rings. The third-order valence-electron chi connectivity index (χ3n) is 2.41. The quantitative estimate of drug-likeness (QED) is 0.559. The summed E-state index contributed by atoms with van der Waals surface area (Å²) in [4.78, 5) is 15.7. The molecule has 76 valence electrons. The molecule has 1 atom stereocenters. The smallest absolute Gasteiger partial charge is 0.324 e. The number of rotatable bonds is 2. The normalized spacial score (nSPS) is 25.9. The lowest BCUT2D eigenvalue weighted by Crippen LogP contribution is -2.54. The molecule has 1 heterocycles. The van der Waals surface area contributed by atoms with E-state index in [1.54, 1.807) is 0 Å². The van der Waals surface area contributed by atoms with Crippen LogP contribution in [-0.4, -0.2) is 62.1 Å². The lowest BCUT2D eigenvalue weighted by molar-refractivity contribution is -0.151. The van der Waals surface area contributed by atoms with Crippen LogP contribution in [0.15, 0.2) is 0 Å².